The van der Waals surface area contributed by atoms with Crippen LogP contribution in [0.25, 0.3) is 44.3 Å². The Hall–Kier alpha value is -4.37. The van der Waals surface area contributed by atoms with E-state index >= 15 is 0 Å². The fraction of sp³-hybridized carbons (Fsp3) is 0. The summed E-state index contributed by atoms with van der Waals surface area (Å²) < 4.78 is 0. The molecule has 3 aromatic heterocycles. The Balaban J connectivity index is 0.000000135. The van der Waals surface area contributed by atoms with Gasteiger partial charge in [-0.2, -0.15) is 0 Å². The fourth-order valence-corrected chi connectivity index (χ4v) is 3.68. The highest BCUT2D eigenvalue weighted by atomic mass is 14.8. The lowest BCUT2D eigenvalue weighted by Gasteiger charge is -2.05. The highest BCUT2D eigenvalue weighted by molar-refractivity contribution is 5.93. The normalized spacial score (nSPS) is 10.5. The number of para-hydroxylation sites is 2. The van der Waals surface area contributed by atoms with E-state index in [4.69, 9.17) is 0 Å². The molecule has 0 N–H and O–H groups in total. The number of fused-ring (bicyclic) bond motifs is 2. The molecule has 0 saturated heterocycles. The van der Waals surface area contributed by atoms with Gasteiger partial charge in [-0.1, -0.05) is 84.9 Å². The van der Waals surface area contributed by atoms with Crippen LogP contribution in [0.4, 0.5) is 0 Å². The zero-order chi connectivity index (χ0) is 21.6. The molecule has 0 spiro atoms. The van der Waals surface area contributed by atoms with Crippen molar-refractivity contribution in [3.8, 4) is 22.5 Å². The van der Waals surface area contributed by atoms with Gasteiger partial charge < -0.3 is 0 Å². The molecule has 0 atom stereocenters. The number of hydrogen-bond donors (Lipinski definition) is 0. The largest absolute Gasteiger partial charge is 0.256 e. The van der Waals surface area contributed by atoms with Gasteiger partial charge in [0.05, 0.1) is 22.4 Å². The Morgan fingerprint density at radius 1 is 0.438 bits per heavy atom. The maximum Gasteiger partial charge on any atom is 0.0893 e. The predicted molar refractivity (Wildman–Crippen MR) is 132 cm³/mol. The molecule has 0 radical (unpaired) electrons. The van der Waals surface area contributed by atoms with E-state index in [-0.39, 0.29) is 0 Å². The van der Waals surface area contributed by atoms with Crippen molar-refractivity contribution in [2.75, 3.05) is 0 Å². The SMILES string of the molecule is c1ccc(-c2ccc3ccccc3n2)nc1.c1ccc(-c2cccc3cccnc23)cc1. The molecule has 0 aliphatic heterocycles. The van der Waals surface area contributed by atoms with Crippen LogP contribution >= 0.6 is 0 Å². The van der Waals surface area contributed by atoms with Gasteiger partial charge in [-0.15, -0.1) is 0 Å². The smallest absolute Gasteiger partial charge is 0.0893 e. The summed E-state index contributed by atoms with van der Waals surface area (Å²) in [5, 5.41) is 2.34. The summed E-state index contributed by atoms with van der Waals surface area (Å²) >= 11 is 0. The van der Waals surface area contributed by atoms with Crippen LogP contribution in [-0.2, 0) is 0 Å². The number of nitrogens with zero attached hydrogens (tertiary/aromatic N) is 3. The van der Waals surface area contributed by atoms with Gasteiger partial charge in [-0.05, 0) is 35.9 Å². The molecular weight excluding hydrogens is 390 g/mol. The molecule has 0 bridgehead atoms. The highest BCUT2D eigenvalue weighted by Gasteiger charge is 2.03. The second kappa shape index (κ2) is 9.19. The lowest BCUT2D eigenvalue weighted by Crippen LogP contribution is -1.87. The molecule has 6 aromatic rings. The average molecular weight is 412 g/mol. The van der Waals surface area contributed by atoms with E-state index in [0.717, 1.165) is 27.8 Å². The molecule has 3 aromatic carbocycles. The Morgan fingerprint density at radius 2 is 1.19 bits per heavy atom. The van der Waals surface area contributed by atoms with Crippen molar-refractivity contribution >= 4 is 21.8 Å². The van der Waals surface area contributed by atoms with Crippen LogP contribution in [0.2, 0.25) is 0 Å². The molecule has 0 saturated carbocycles. The third-order valence-corrected chi connectivity index (χ3v) is 5.24. The minimum atomic E-state index is 0.910. The van der Waals surface area contributed by atoms with E-state index in [1.165, 1.54) is 16.5 Å². The van der Waals surface area contributed by atoms with E-state index in [2.05, 4.69) is 75.6 Å². The zero-order valence-corrected chi connectivity index (χ0v) is 17.5. The minimum Gasteiger partial charge on any atom is -0.256 e. The number of aromatic nitrogens is 3. The summed E-state index contributed by atoms with van der Waals surface area (Å²) in [6, 6.07) is 38.7. The third kappa shape index (κ3) is 4.23. The van der Waals surface area contributed by atoms with E-state index in [0.29, 0.717) is 0 Å². The van der Waals surface area contributed by atoms with E-state index in [1.807, 2.05) is 60.8 Å². The standard InChI is InChI=1S/C15H11N.C14H10N2/c1-2-6-12(7-3-1)14-10-4-8-13-9-5-11-16-15(13)14;1-2-6-12-11(5-1)8-9-14(16-12)13-7-3-4-10-15-13/h1-11H;1-10H. The molecule has 32 heavy (non-hydrogen) atoms. The van der Waals surface area contributed by atoms with Crippen LogP contribution in [-0.4, -0.2) is 15.0 Å². The van der Waals surface area contributed by atoms with Gasteiger partial charge in [0.1, 0.15) is 0 Å². The molecule has 3 heteroatoms. The summed E-state index contributed by atoms with van der Waals surface area (Å²) in [4.78, 5) is 13.3. The van der Waals surface area contributed by atoms with Gasteiger partial charge in [0.2, 0.25) is 0 Å². The van der Waals surface area contributed by atoms with Crippen molar-refractivity contribution < 1.29 is 0 Å². The van der Waals surface area contributed by atoms with Crippen LogP contribution in [0.15, 0.2) is 128 Å². The number of hydrogen-bond acceptors (Lipinski definition) is 3. The molecule has 0 amide bonds. The predicted octanol–water partition coefficient (Wildman–Crippen LogP) is 7.20. The van der Waals surface area contributed by atoms with Crippen LogP contribution in [0.3, 0.4) is 0 Å². The zero-order valence-electron chi connectivity index (χ0n) is 17.5. The summed E-state index contributed by atoms with van der Waals surface area (Å²) in [5.74, 6) is 0. The topological polar surface area (TPSA) is 38.7 Å². The van der Waals surface area contributed by atoms with Gasteiger partial charge >= 0.3 is 0 Å². The van der Waals surface area contributed by atoms with E-state index in [1.54, 1.807) is 6.20 Å². The van der Waals surface area contributed by atoms with Crippen LogP contribution in [0.1, 0.15) is 0 Å². The maximum atomic E-state index is 4.58. The summed E-state index contributed by atoms with van der Waals surface area (Å²) in [5.41, 5.74) is 6.31. The second-order valence-electron chi connectivity index (χ2n) is 7.35. The van der Waals surface area contributed by atoms with Crippen molar-refractivity contribution in [2.45, 2.75) is 0 Å². The van der Waals surface area contributed by atoms with Gasteiger partial charge in [-0.25, -0.2) is 4.98 Å². The van der Waals surface area contributed by atoms with Crippen molar-refractivity contribution in [2.24, 2.45) is 0 Å². The summed E-state index contributed by atoms with van der Waals surface area (Å²) in [6.07, 6.45) is 3.63. The molecule has 6 rings (SSSR count). The van der Waals surface area contributed by atoms with Crippen LogP contribution in [0.5, 0.6) is 0 Å². The van der Waals surface area contributed by atoms with Crippen molar-refractivity contribution in [1.82, 2.24) is 15.0 Å². The van der Waals surface area contributed by atoms with Crippen LogP contribution in [0, 0.1) is 0 Å². The van der Waals surface area contributed by atoms with Gasteiger partial charge in [0.25, 0.3) is 0 Å². The summed E-state index contributed by atoms with van der Waals surface area (Å²) in [6.45, 7) is 0. The Bertz CT molecular complexity index is 1450. The first kappa shape index (κ1) is 19.6. The van der Waals surface area contributed by atoms with Crippen molar-refractivity contribution in [3.05, 3.63) is 128 Å². The maximum absolute atomic E-state index is 4.58. The molecule has 3 nitrogen and oxygen atoms in total. The Kier molecular flexibility index (Phi) is 5.62. The highest BCUT2D eigenvalue weighted by Crippen LogP contribution is 2.26. The molecule has 3 heterocycles. The van der Waals surface area contributed by atoms with Crippen LogP contribution < -0.4 is 0 Å². The Labute approximate surface area is 187 Å². The minimum absolute atomic E-state index is 0.910. The number of rotatable bonds is 2. The molecule has 0 fully saturated rings. The number of benzene rings is 3. The average Bonchev–Trinajstić information content (AvgIpc) is 2.89. The Morgan fingerprint density at radius 3 is 2.06 bits per heavy atom. The quantitative estimate of drug-likeness (QED) is 0.302. The van der Waals surface area contributed by atoms with E-state index < -0.39 is 0 Å². The van der Waals surface area contributed by atoms with Crippen molar-refractivity contribution in [3.63, 3.8) is 0 Å². The monoisotopic (exact) mass is 411 g/mol. The van der Waals surface area contributed by atoms with Crippen molar-refractivity contribution in [1.29, 1.82) is 0 Å². The lowest BCUT2D eigenvalue weighted by molar-refractivity contribution is 1.28. The first-order valence-electron chi connectivity index (χ1n) is 10.5. The molecular formula is C29H21N3. The summed E-state index contributed by atoms with van der Waals surface area (Å²) in [7, 11) is 0. The molecule has 152 valence electrons. The lowest BCUT2D eigenvalue weighted by atomic mass is 10.0. The molecule has 0 aliphatic rings. The van der Waals surface area contributed by atoms with Gasteiger partial charge in [0.15, 0.2) is 0 Å². The first-order valence-corrected chi connectivity index (χ1v) is 10.5. The van der Waals surface area contributed by atoms with E-state index in [9.17, 15) is 0 Å². The fourth-order valence-electron chi connectivity index (χ4n) is 3.68. The number of pyridine rings is 3. The van der Waals surface area contributed by atoms with Gasteiger partial charge in [0, 0.05) is 28.7 Å². The molecule has 0 aliphatic carbocycles. The van der Waals surface area contributed by atoms with Gasteiger partial charge in [-0.3, -0.25) is 9.97 Å². The second-order valence-corrected chi connectivity index (χ2v) is 7.35. The third-order valence-electron chi connectivity index (χ3n) is 5.24. The first-order chi connectivity index (χ1) is 15.9. The molecule has 0 unspecified atom stereocenters.